The lowest BCUT2D eigenvalue weighted by Gasteiger charge is -2.23. The van der Waals surface area contributed by atoms with Gasteiger partial charge in [0, 0.05) is 6.04 Å². The zero-order valence-corrected chi connectivity index (χ0v) is 9.84. The molecule has 0 saturated carbocycles. The summed E-state index contributed by atoms with van der Waals surface area (Å²) in [5.74, 6) is 0.255. The van der Waals surface area contributed by atoms with Gasteiger partial charge in [-0.15, -0.1) is 0 Å². The third-order valence-electron chi connectivity index (χ3n) is 2.13. The molecule has 1 saturated heterocycles. The molecule has 0 aliphatic carbocycles. The van der Waals surface area contributed by atoms with Crippen LogP contribution in [0.5, 0.6) is 0 Å². The Kier molecular flexibility index (Phi) is 3.96. The number of hydrogen-bond donors (Lipinski definition) is 1. The predicted octanol–water partition coefficient (Wildman–Crippen LogP) is 0.698. The highest BCUT2D eigenvalue weighted by Gasteiger charge is 2.26. The van der Waals surface area contributed by atoms with E-state index in [1.165, 1.54) is 0 Å². The van der Waals surface area contributed by atoms with Crippen LogP contribution in [0.1, 0.15) is 26.7 Å². The van der Waals surface area contributed by atoms with Gasteiger partial charge in [-0.25, -0.2) is 13.2 Å². The second-order valence-electron chi connectivity index (χ2n) is 4.05. The predicted molar refractivity (Wildman–Crippen MR) is 56.4 cm³/mol. The molecule has 6 heteroatoms. The van der Waals surface area contributed by atoms with Gasteiger partial charge in [-0.2, -0.15) is 0 Å². The molecule has 5 nitrogen and oxygen atoms in total. The summed E-state index contributed by atoms with van der Waals surface area (Å²) in [4.78, 5) is 11.2. The minimum Gasteiger partial charge on any atom is -0.447 e. The van der Waals surface area contributed by atoms with E-state index >= 15 is 0 Å². The summed E-state index contributed by atoms with van der Waals surface area (Å²) in [5, 5.41) is 2.57. The summed E-state index contributed by atoms with van der Waals surface area (Å²) >= 11 is 0. The smallest absolute Gasteiger partial charge is 0.407 e. The van der Waals surface area contributed by atoms with Crippen LogP contribution >= 0.6 is 0 Å². The maximum atomic E-state index is 11.3. The Labute approximate surface area is 90.1 Å². The van der Waals surface area contributed by atoms with E-state index in [9.17, 15) is 13.2 Å². The third kappa shape index (κ3) is 4.51. The molecule has 1 rings (SSSR count). The zero-order valence-electron chi connectivity index (χ0n) is 9.02. The molecule has 88 valence electrons. The first kappa shape index (κ1) is 12.3. The molecule has 1 N–H and O–H groups in total. The lowest BCUT2D eigenvalue weighted by atomic mass is 10.2. The first-order valence-electron chi connectivity index (χ1n) is 5.06. The SMILES string of the molecule is CC(C)OC(=O)NC1CCCS(=O)(=O)C1. The number of amides is 1. The van der Waals surface area contributed by atoms with Crippen molar-refractivity contribution in [3.63, 3.8) is 0 Å². The Bertz CT molecular complexity index is 323. The number of nitrogens with one attached hydrogen (secondary N) is 1. The highest BCUT2D eigenvalue weighted by Crippen LogP contribution is 2.12. The van der Waals surface area contributed by atoms with Crippen molar-refractivity contribution >= 4 is 15.9 Å². The Morgan fingerprint density at radius 2 is 2.13 bits per heavy atom. The molecular weight excluding hydrogens is 218 g/mol. The summed E-state index contributed by atoms with van der Waals surface area (Å²) < 4.78 is 27.4. The second kappa shape index (κ2) is 4.83. The van der Waals surface area contributed by atoms with Gasteiger partial charge in [-0.05, 0) is 26.7 Å². The van der Waals surface area contributed by atoms with Crippen molar-refractivity contribution in [1.82, 2.24) is 5.32 Å². The minimum atomic E-state index is -2.98. The fourth-order valence-corrected chi connectivity index (χ4v) is 3.19. The van der Waals surface area contributed by atoms with Gasteiger partial charge in [0.15, 0.2) is 9.84 Å². The van der Waals surface area contributed by atoms with Crippen LogP contribution in [-0.2, 0) is 14.6 Å². The van der Waals surface area contributed by atoms with Crippen LogP contribution in [0.2, 0.25) is 0 Å². The third-order valence-corrected chi connectivity index (χ3v) is 3.95. The molecule has 0 aromatic rings. The summed E-state index contributed by atoms with van der Waals surface area (Å²) in [5.41, 5.74) is 0. The van der Waals surface area contributed by atoms with Crippen LogP contribution < -0.4 is 5.32 Å². The molecule has 15 heavy (non-hydrogen) atoms. The zero-order chi connectivity index (χ0) is 11.5. The topological polar surface area (TPSA) is 72.5 Å². The van der Waals surface area contributed by atoms with Crippen LogP contribution in [0, 0.1) is 0 Å². The van der Waals surface area contributed by atoms with Crippen molar-refractivity contribution in [2.45, 2.75) is 38.8 Å². The van der Waals surface area contributed by atoms with E-state index in [0.717, 1.165) is 0 Å². The number of carbonyl (C=O) groups excluding carboxylic acids is 1. The summed E-state index contributed by atoms with van der Waals surface area (Å²) in [6, 6.07) is -0.296. The van der Waals surface area contributed by atoms with Gasteiger partial charge in [-0.3, -0.25) is 0 Å². The molecule has 1 atom stereocenters. The van der Waals surface area contributed by atoms with Crippen molar-refractivity contribution in [2.75, 3.05) is 11.5 Å². The van der Waals surface area contributed by atoms with Crippen molar-refractivity contribution in [3.8, 4) is 0 Å². The Morgan fingerprint density at radius 3 is 2.67 bits per heavy atom. The molecule has 0 spiro atoms. The Hall–Kier alpha value is -0.780. The van der Waals surface area contributed by atoms with Crippen LogP contribution in [0.25, 0.3) is 0 Å². The van der Waals surface area contributed by atoms with Crippen molar-refractivity contribution in [2.24, 2.45) is 0 Å². The fraction of sp³-hybridized carbons (Fsp3) is 0.889. The number of carbonyl (C=O) groups is 1. The second-order valence-corrected chi connectivity index (χ2v) is 6.28. The monoisotopic (exact) mass is 235 g/mol. The van der Waals surface area contributed by atoms with E-state index in [4.69, 9.17) is 4.74 Å². The highest BCUT2D eigenvalue weighted by molar-refractivity contribution is 7.91. The van der Waals surface area contributed by atoms with E-state index in [-0.39, 0.29) is 23.7 Å². The number of hydrogen-bond acceptors (Lipinski definition) is 4. The molecule has 1 fully saturated rings. The molecule has 1 heterocycles. The van der Waals surface area contributed by atoms with Gasteiger partial charge in [0.05, 0.1) is 17.6 Å². The van der Waals surface area contributed by atoms with E-state index in [0.29, 0.717) is 12.8 Å². The molecule has 1 aliphatic rings. The standard InChI is InChI=1S/C9H17NO4S/c1-7(2)14-9(11)10-8-4-3-5-15(12,13)6-8/h7-8H,3-6H2,1-2H3,(H,10,11). The number of rotatable bonds is 2. The normalized spacial score (nSPS) is 24.9. The quantitative estimate of drug-likeness (QED) is 0.764. The minimum absolute atomic E-state index is 0.0280. The first-order valence-corrected chi connectivity index (χ1v) is 6.89. The van der Waals surface area contributed by atoms with Crippen molar-refractivity contribution < 1.29 is 17.9 Å². The Balaban J connectivity index is 2.42. The van der Waals surface area contributed by atoms with Gasteiger partial charge in [0.1, 0.15) is 0 Å². The average molecular weight is 235 g/mol. The van der Waals surface area contributed by atoms with Crippen molar-refractivity contribution in [1.29, 1.82) is 0 Å². The van der Waals surface area contributed by atoms with Crippen molar-refractivity contribution in [3.05, 3.63) is 0 Å². The van der Waals surface area contributed by atoms with Crippen LogP contribution in [0.4, 0.5) is 4.79 Å². The van der Waals surface area contributed by atoms with Gasteiger partial charge >= 0.3 is 6.09 Å². The van der Waals surface area contributed by atoms with Crippen LogP contribution in [0.15, 0.2) is 0 Å². The van der Waals surface area contributed by atoms with E-state index < -0.39 is 15.9 Å². The maximum absolute atomic E-state index is 11.3. The van der Waals surface area contributed by atoms with Gasteiger partial charge in [0.2, 0.25) is 0 Å². The van der Waals surface area contributed by atoms with E-state index in [1.807, 2.05) is 0 Å². The molecule has 0 radical (unpaired) electrons. The molecular formula is C9H17NO4S. The number of alkyl carbamates (subject to hydrolysis) is 1. The molecule has 1 amide bonds. The maximum Gasteiger partial charge on any atom is 0.407 e. The van der Waals surface area contributed by atoms with E-state index in [2.05, 4.69) is 5.32 Å². The number of ether oxygens (including phenoxy) is 1. The van der Waals surface area contributed by atoms with Gasteiger partial charge in [0.25, 0.3) is 0 Å². The molecule has 0 aromatic carbocycles. The Morgan fingerprint density at radius 1 is 1.47 bits per heavy atom. The molecule has 1 aliphatic heterocycles. The summed E-state index contributed by atoms with van der Waals surface area (Å²) in [6.45, 7) is 3.49. The lowest BCUT2D eigenvalue weighted by Crippen LogP contribution is -2.43. The summed E-state index contributed by atoms with van der Waals surface area (Å²) in [7, 11) is -2.98. The average Bonchev–Trinajstić information content (AvgIpc) is 1.99. The van der Waals surface area contributed by atoms with Crippen LogP contribution in [0.3, 0.4) is 0 Å². The molecule has 0 bridgehead atoms. The van der Waals surface area contributed by atoms with Gasteiger partial charge < -0.3 is 10.1 Å². The highest BCUT2D eigenvalue weighted by atomic mass is 32.2. The van der Waals surface area contributed by atoms with E-state index in [1.54, 1.807) is 13.8 Å². The largest absolute Gasteiger partial charge is 0.447 e. The fourth-order valence-electron chi connectivity index (χ4n) is 1.55. The van der Waals surface area contributed by atoms with Crippen LogP contribution in [-0.4, -0.2) is 38.2 Å². The molecule has 0 aromatic heterocycles. The molecule has 1 unspecified atom stereocenters. The first-order chi connectivity index (χ1) is 6.89. The lowest BCUT2D eigenvalue weighted by molar-refractivity contribution is 0.112. The number of sulfone groups is 1. The van der Waals surface area contributed by atoms with Gasteiger partial charge in [-0.1, -0.05) is 0 Å². The summed E-state index contributed by atoms with van der Waals surface area (Å²) in [6.07, 6.45) is 0.582.